The molecule has 0 unspecified atom stereocenters. The largest absolute Gasteiger partial charge is 0.366 e. The topological polar surface area (TPSA) is 63.4 Å². The van der Waals surface area contributed by atoms with Crippen LogP contribution in [0.25, 0.3) is 0 Å². The molecule has 1 aliphatic rings. The molecule has 0 radical (unpaired) electrons. The van der Waals surface area contributed by atoms with Crippen LogP contribution < -0.4 is 10.6 Å². The molecule has 4 nitrogen and oxygen atoms in total. The Labute approximate surface area is 143 Å². The zero-order valence-corrected chi connectivity index (χ0v) is 13.7. The Morgan fingerprint density at radius 2 is 1.87 bits per heavy atom. The summed E-state index contributed by atoms with van der Waals surface area (Å²) in [5.41, 5.74) is 7.74. The molecule has 6 heteroatoms. The third kappa shape index (κ3) is 2.92. The van der Waals surface area contributed by atoms with Gasteiger partial charge in [0.15, 0.2) is 0 Å². The Bertz CT molecular complexity index is 805. The number of rotatable bonds is 2. The van der Waals surface area contributed by atoms with Gasteiger partial charge in [-0.05, 0) is 48.7 Å². The number of carbonyl (C=O) groups excluding carboxylic acids is 2. The fraction of sp³-hybridized carbons (Fsp3) is 0.176. The zero-order valence-electron chi connectivity index (χ0n) is 12.2. The highest BCUT2D eigenvalue weighted by atomic mass is 35.5. The predicted molar refractivity (Wildman–Crippen MR) is 91.4 cm³/mol. The van der Waals surface area contributed by atoms with E-state index in [1.165, 1.54) is 0 Å². The molecule has 0 bridgehead atoms. The normalized spacial score (nSPS) is 13.6. The summed E-state index contributed by atoms with van der Waals surface area (Å²) in [6, 6.07) is 10.0. The molecule has 2 N–H and O–H groups in total. The van der Waals surface area contributed by atoms with E-state index in [1.807, 2.05) is 6.07 Å². The van der Waals surface area contributed by atoms with E-state index in [9.17, 15) is 9.59 Å². The number of nitrogens with two attached hydrogens (primary N) is 1. The van der Waals surface area contributed by atoms with Gasteiger partial charge >= 0.3 is 0 Å². The number of halogens is 2. The van der Waals surface area contributed by atoms with Crippen LogP contribution in [-0.2, 0) is 6.42 Å². The molecule has 0 saturated heterocycles. The first-order chi connectivity index (χ1) is 11.0. The van der Waals surface area contributed by atoms with E-state index in [1.54, 1.807) is 35.2 Å². The Morgan fingerprint density at radius 3 is 2.61 bits per heavy atom. The minimum atomic E-state index is -0.489. The lowest BCUT2D eigenvalue weighted by atomic mass is 9.95. The minimum absolute atomic E-state index is 0.236. The van der Waals surface area contributed by atoms with Crippen LogP contribution in [0.4, 0.5) is 5.69 Å². The number of carbonyl (C=O) groups is 2. The molecule has 1 heterocycles. The summed E-state index contributed by atoms with van der Waals surface area (Å²) in [4.78, 5) is 26.1. The average molecular weight is 349 g/mol. The highest BCUT2D eigenvalue weighted by molar-refractivity contribution is 6.36. The van der Waals surface area contributed by atoms with Crippen molar-refractivity contribution in [2.24, 2.45) is 5.73 Å². The van der Waals surface area contributed by atoms with Crippen molar-refractivity contribution in [3.63, 3.8) is 0 Å². The number of anilines is 1. The lowest BCUT2D eigenvalue weighted by molar-refractivity contribution is 0.0977. The molecule has 0 aromatic heterocycles. The molecule has 118 valence electrons. The van der Waals surface area contributed by atoms with Gasteiger partial charge in [0.1, 0.15) is 0 Å². The lowest BCUT2D eigenvalue weighted by Crippen LogP contribution is -2.36. The smallest absolute Gasteiger partial charge is 0.259 e. The van der Waals surface area contributed by atoms with Gasteiger partial charge < -0.3 is 10.6 Å². The maximum Gasteiger partial charge on any atom is 0.259 e. The second kappa shape index (κ2) is 6.22. The number of hydrogen-bond donors (Lipinski definition) is 1. The number of benzene rings is 2. The third-order valence-corrected chi connectivity index (χ3v) is 4.48. The standard InChI is InChI=1S/C17H14Cl2N2O2/c18-10-6-7-14(19)13(9-10)17(23)21-8-2-4-11-12(16(20)22)3-1-5-15(11)21/h1,3,5-7,9H,2,4,8H2,(H2,20,22). The first kappa shape index (κ1) is 15.8. The molecule has 0 saturated carbocycles. The highest BCUT2D eigenvalue weighted by Gasteiger charge is 2.27. The molecule has 23 heavy (non-hydrogen) atoms. The molecule has 0 aliphatic carbocycles. The van der Waals surface area contributed by atoms with Gasteiger partial charge in [-0.1, -0.05) is 29.3 Å². The van der Waals surface area contributed by atoms with Crippen LogP contribution >= 0.6 is 23.2 Å². The lowest BCUT2D eigenvalue weighted by Gasteiger charge is -2.30. The Kier molecular flexibility index (Phi) is 4.28. The summed E-state index contributed by atoms with van der Waals surface area (Å²) in [6.45, 7) is 0.552. The van der Waals surface area contributed by atoms with Crippen LogP contribution in [-0.4, -0.2) is 18.4 Å². The summed E-state index contributed by atoms with van der Waals surface area (Å²) in [5.74, 6) is -0.725. The van der Waals surface area contributed by atoms with Crippen LogP contribution in [0.5, 0.6) is 0 Å². The first-order valence-corrected chi connectivity index (χ1v) is 7.93. The molecule has 3 rings (SSSR count). The van der Waals surface area contributed by atoms with Crippen molar-refractivity contribution in [3.8, 4) is 0 Å². The van der Waals surface area contributed by atoms with Gasteiger partial charge in [0.05, 0.1) is 10.6 Å². The van der Waals surface area contributed by atoms with Crippen molar-refractivity contribution < 1.29 is 9.59 Å². The van der Waals surface area contributed by atoms with Crippen molar-refractivity contribution in [3.05, 3.63) is 63.1 Å². The van der Waals surface area contributed by atoms with Crippen molar-refractivity contribution >= 4 is 40.7 Å². The second-order valence-electron chi connectivity index (χ2n) is 5.35. The van der Waals surface area contributed by atoms with Crippen LogP contribution in [0.3, 0.4) is 0 Å². The van der Waals surface area contributed by atoms with E-state index >= 15 is 0 Å². The van der Waals surface area contributed by atoms with Gasteiger partial charge in [0.2, 0.25) is 5.91 Å². The first-order valence-electron chi connectivity index (χ1n) is 7.17. The van der Waals surface area contributed by atoms with Crippen LogP contribution in [0.15, 0.2) is 36.4 Å². The minimum Gasteiger partial charge on any atom is -0.366 e. The maximum absolute atomic E-state index is 12.9. The molecule has 1 aliphatic heterocycles. The maximum atomic E-state index is 12.9. The Balaban J connectivity index is 2.07. The van der Waals surface area contributed by atoms with Gasteiger partial charge in [-0.25, -0.2) is 0 Å². The fourth-order valence-electron chi connectivity index (χ4n) is 2.87. The Morgan fingerprint density at radius 1 is 1.09 bits per heavy atom. The van der Waals surface area contributed by atoms with Crippen LogP contribution in [0, 0.1) is 0 Å². The van der Waals surface area contributed by atoms with E-state index in [-0.39, 0.29) is 5.91 Å². The number of fused-ring (bicyclic) bond motifs is 1. The van der Waals surface area contributed by atoms with Gasteiger partial charge in [-0.15, -0.1) is 0 Å². The Hall–Kier alpha value is -2.04. The molecule has 2 aromatic carbocycles. The van der Waals surface area contributed by atoms with E-state index in [0.717, 1.165) is 12.0 Å². The third-order valence-electron chi connectivity index (χ3n) is 3.92. The summed E-state index contributed by atoms with van der Waals surface area (Å²) >= 11 is 12.1. The van der Waals surface area contributed by atoms with Crippen molar-refractivity contribution in [1.29, 1.82) is 0 Å². The van der Waals surface area contributed by atoms with Gasteiger partial charge in [-0.3, -0.25) is 9.59 Å². The summed E-state index contributed by atoms with van der Waals surface area (Å²) in [7, 11) is 0. The SMILES string of the molecule is NC(=O)c1cccc2c1CCCN2C(=O)c1cc(Cl)ccc1Cl. The summed E-state index contributed by atoms with van der Waals surface area (Å²) < 4.78 is 0. The van der Waals surface area contributed by atoms with Gasteiger partial charge in [0.25, 0.3) is 5.91 Å². The quantitative estimate of drug-likeness (QED) is 0.899. The van der Waals surface area contributed by atoms with Crippen LogP contribution in [0.2, 0.25) is 10.0 Å². The number of amides is 2. The van der Waals surface area contributed by atoms with E-state index in [2.05, 4.69) is 0 Å². The predicted octanol–water partition coefficient (Wildman–Crippen LogP) is 3.69. The van der Waals surface area contributed by atoms with E-state index in [0.29, 0.717) is 39.8 Å². The average Bonchev–Trinajstić information content (AvgIpc) is 2.55. The molecule has 2 amide bonds. The van der Waals surface area contributed by atoms with Crippen molar-refractivity contribution in [2.75, 3.05) is 11.4 Å². The number of nitrogens with zero attached hydrogens (tertiary/aromatic N) is 1. The number of hydrogen-bond acceptors (Lipinski definition) is 2. The molecule has 0 atom stereocenters. The molecule has 0 spiro atoms. The molecular formula is C17H14Cl2N2O2. The molecule has 2 aromatic rings. The summed E-state index contributed by atoms with van der Waals surface area (Å²) in [5, 5.41) is 0.790. The van der Waals surface area contributed by atoms with Gasteiger partial charge in [-0.2, -0.15) is 0 Å². The van der Waals surface area contributed by atoms with Gasteiger partial charge in [0, 0.05) is 22.8 Å². The van der Waals surface area contributed by atoms with E-state index in [4.69, 9.17) is 28.9 Å². The highest BCUT2D eigenvalue weighted by Crippen LogP contribution is 2.32. The molecular weight excluding hydrogens is 335 g/mol. The second-order valence-corrected chi connectivity index (χ2v) is 6.20. The summed E-state index contributed by atoms with van der Waals surface area (Å²) in [6.07, 6.45) is 1.46. The van der Waals surface area contributed by atoms with E-state index < -0.39 is 5.91 Å². The van der Waals surface area contributed by atoms with Crippen molar-refractivity contribution in [2.45, 2.75) is 12.8 Å². The monoisotopic (exact) mass is 348 g/mol. The van der Waals surface area contributed by atoms with Crippen molar-refractivity contribution in [1.82, 2.24) is 0 Å². The zero-order chi connectivity index (χ0) is 16.6. The fourth-order valence-corrected chi connectivity index (χ4v) is 3.24. The number of primary amides is 1. The van der Waals surface area contributed by atoms with Crippen LogP contribution in [0.1, 0.15) is 32.7 Å². The molecule has 0 fully saturated rings.